The number of nitrogens with two attached hydrogens (primary N) is 1. The molecule has 2 aromatic carbocycles. The average molecular weight is 268 g/mol. The second-order valence-corrected chi connectivity index (χ2v) is 5.35. The highest BCUT2D eigenvalue weighted by Crippen LogP contribution is 2.14. The van der Waals surface area contributed by atoms with Crippen LogP contribution in [0.2, 0.25) is 0 Å². The third kappa shape index (κ3) is 4.10. The summed E-state index contributed by atoms with van der Waals surface area (Å²) in [6.07, 6.45) is 1.03. The summed E-state index contributed by atoms with van der Waals surface area (Å²) < 4.78 is 0. The zero-order valence-corrected chi connectivity index (χ0v) is 12.4. The topological polar surface area (TPSA) is 29.3 Å². The number of hydrogen-bond donors (Lipinski definition) is 1. The monoisotopic (exact) mass is 268 g/mol. The third-order valence-electron chi connectivity index (χ3n) is 3.74. The summed E-state index contributed by atoms with van der Waals surface area (Å²) in [6, 6.07) is 19.4. The average Bonchev–Trinajstić information content (AvgIpc) is 2.45. The summed E-state index contributed by atoms with van der Waals surface area (Å²) in [6.45, 7) is 6.56. The van der Waals surface area contributed by atoms with Crippen LogP contribution < -0.4 is 5.73 Å². The maximum absolute atomic E-state index is 5.85. The van der Waals surface area contributed by atoms with Gasteiger partial charge in [-0.05, 0) is 43.1 Å². The Bertz CT molecular complexity index is 522. The summed E-state index contributed by atoms with van der Waals surface area (Å²) in [5.41, 5.74) is 9.38. The highest BCUT2D eigenvalue weighted by Gasteiger charge is 2.13. The lowest BCUT2D eigenvalue weighted by atomic mass is 10.0. The van der Waals surface area contributed by atoms with Gasteiger partial charge >= 0.3 is 0 Å². The van der Waals surface area contributed by atoms with Crippen LogP contribution in [-0.2, 0) is 13.0 Å². The normalized spacial score (nSPS) is 12.6. The van der Waals surface area contributed by atoms with Crippen LogP contribution in [0, 0.1) is 0 Å². The Hall–Kier alpha value is -1.80. The van der Waals surface area contributed by atoms with Crippen LogP contribution in [0.3, 0.4) is 0 Å². The molecule has 0 aliphatic carbocycles. The van der Waals surface area contributed by atoms with Crippen LogP contribution in [0.4, 0.5) is 5.69 Å². The Balaban J connectivity index is 2.00. The van der Waals surface area contributed by atoms with Crippen LogP contribution in [0.1, 0.15) is 25.0 Å². The first kappa shape index (κ1) is 14.6. The van der Waals surface area contributed by atoms with Gasteiger partial charge in [0.15, 0.2) is 0 Å². The van der Waals surface area contributed by atoms with Gasteiger partial charge in [0.2, 0.25) is 0 Å². The van der Waals surface area contributed by atoms with E-state index in [1.807, 2.05) is 12.1 Å². The number of benzene rings is 2. The van der Waals surface area contributed by atoms with E-state index in [0.717, 1.165) is 25.2 Å². The predicted octanol–water partition coefficient (Wildman–Crippen LogP) is 3.72. The Morgan fingerprint density at radius 3 is 2.35 bits per heavy atom. The molecule has 0 amide bonds. The Morgan fingerprint density at radius 2 is 1.70 bits per heavy atom. The lowest BCUT2D eigenvalue weighted by Gasteiger charge is -2.28. The van der Waals surface area contributed by atoms with Crippen LogP contribution in [0.5, 0.6) is 0 Å². The lowest BCUT2D eigenvalue weighted by molar-refractivity contribution is 0.209. The van der Waals surface area contributed by atoms with Crippen LogP contribution in [0.25, 0.3) is 0 Å². The van der Waals surface area contributed by atoms with E-state index in [0.29, 0.717) is 6.04 Å². The highest BCUT2D eigenvalue weighted by atomic mass is 15.1. The predicted molar refractivity (Wildman–Crippen MR) is 86.5 cm³/mol. The van der Waals surface area contributed by atoms with E-state index in [9.17, 15) is 0 Å². The second kappa shape index (κ2) is 7.11. The van der Waals surface area contributed by atoms with Crippen molar-refractivity contribution in [2.24, 2.45) is 0 Å². The van der Waals surface area contributed by atoms with Gasteiger partial charge in [-0.25, -0.2) is 0 Å². The molecule has 2 nitrogen and oxygen atoms in total. The van der Waals surface area contributed by atoms with E-state index < -0.39 is 0 Å². The summed E-state index contributed by atoms with van der Waals surface area (Å²) in [5, 5.41) is 0. The molecule has 0 aliphatic heterocycles. The van der Waals surface area contributed by atoms with Gasteiger partial charge in [-0.3, -0.25) is 4.90 Å². The summed E-state index contributed by atoms with van der Waals surface area (Å²) in [7, 11) is 0. The van der Waals surface area contributed by atoms with Crippen molar-refractivity contribution in [1.29, 1.82) is 0 Å². The zero-order valence-electron chi connectivity index (χ0n) is 12.4. The SMILES string of the molecule is CCN(Cc1ccccc1)C(C)Cc1cccc(N)c1. The van der Waals surface area contributed by atoms with E-state index in [1.54, 1.807) is 0 Å². The second-order valence-electron chi connectivity index (χ2n) is 5.35. The number of hydrogen-bond acceptors (Lipinski definition) is 2. The molecular weight excluding hydrogens is 244 g/mol. The number of likely N-dealkylation sites (N-methyl/N-ethyl adjacent to an activating group) is 1. The van der Waals surface area contributed by atoms with Crippen molar-refractivity contribution in [3.63, 3.8) is 0 Å². The van der Waals surface area contributed by atoms with Crippen molar-refractivity contribution in [1.82, 2.24) is 4.90 Å². The van der Waals surface area contributed by atoms with Gasteiger partial charge in [0.1, 0.15) is 0 Å². The fourth-order valence-corrected chi connectivity index (χ4v) is 2.59. The van der Waals surface area contributed by atoms with E-state index >= 15 is 0 Å². The third-order valence-corrected chi connectivity index (χ3v) is 3.74. The smallest absolute Gasteiger partial charge is 0.0316 e. The minimum absolute atomic E-state index is 0.502. The van der Waals surface area contributed by atoms with Gasteiger partial charge in [0.05, 0.1) is 0 Å². The molecule has 2 rings (SSSR count). The summed E-state index contributed by atoms with van der Waals surface area (Å²) in [5.74, 6) is 0. The van der Waals surface area contributed by atoms with Crippen molar-refractivity contribution < 1.29 is 0 Å². The molecule has 0 bridgehead atoms. The first-order valence-electron chi connectivity index (χ1n) is 7.31. The number of nitrogen functional groups attached to an aromatic ring is 1. The molecule has 20 heavy (non-hydrogen) atoms. The molecule has 2 aromatic rings. The van der Waals surface area contributed by atoms with E-state index in [1.165, 1.54) is 11.1 Å². The molecule has 2 heteroatoms. The quantitative estimate of drug-likeness (QED) is 0.809. The van der Waals surface area contributed by atoms with Gasteiger partial charge in [-0.2, -0.15) is 0 Å². The standard InChI is InChI=1S/C18H24N2/c1-3-20(14-16-8-5-4-6-9-16)15(2)12-17-10-7-11-18(19)13-17/h4-11,13,15H,3,12,14,19H2,1-2H3. The molecule has 1 atom stereocenters. The number of anilines is 1. The maximum atomic E-state index is 5.85. The molecule has 1 unspecified atom stereocenters. The van der Waals surface area contributed by atoms with E-state index in [2.05, 4.69) is 61.2 Å². The van der Waals surface area contributed by atoms with Crippen LogP contribution in [-0.4, -0.2) is 17.5 Å². The van der Waals surface area contributed by atoms with Crippen molar-refractivity contribution in [3.05, 3.63) is 65.7 Å². The molecule has 0 heterocycles. The Morgan fingerprint density at radius 1 is 1.00 bits per heavy atom. The molecule has 0 saturated heterocycles. The number of rotatable bonds is 6. The lowest BCUT2D eigenvalue weighted by Crippen LogP contribution is -2.34. The molecule has 0 saturated carbocycles. The molecular formula is C18H24N2. The molecule has 2 N–H and O–H groups in total. The summed E-state index contributed by atoms with van der Waals surface area (Å²) >= 11 is 0. The molecule has 0 radical (unpaired) electrons. The molecule has 0 aliphatic rings. The Kier molecular flexibility index (Phi) is 5.19. The fraction of sp³-hybridized carbons (Fsp3) is 0.333. The first-order valence-corrected chi connectivity index (χ1v) is 7.31. The minimum Gasteiger partial charge on any atom is -0.399 e. The van der Waals surface area contributed by atoms with E-state index in [4.69, 9.17) is 5.73 Å². The van der Waals surface area contributed by atoms with Crippen molar-refractivity contribution in [3.8, 4) is 0 Å². The largest absolute Gasteiger partial charge is 0.399 e. The first-order chi connectivity index (χ1) is 9.69. The minimum atomic E-state index is 0.502. The van der Waals surface area contributed by atoms with Gasteiger partial charge < -0.3 is 5.73 Å². The Labute approximate surface area is 122 Å². The zero-order chi connectivity index (χ0) is 14.4. The fourth-order valence-electron chi connectivity index (χ4n) is 2.59. The number of nitrogens with zero attached hydrogens (tertiary/aromatic N) is 1. The van der Waals surface area contributed by atoms with Crippen molar-refractivity contribution in [2.75, 3.05) is 12.3 Å². The van der Waals surface area contributed by atoms with Gasteiger partial charge in [-0.15, -0.1) is 0 Å². The highest BCUT2D eigenvalue weighted by molar-refractivity contribution is 5.40. The van der Waals surface area contributed by atoms with Gasteiger partial charge in [0, 0.05) is 18.3 Å². The van der Waals surface area contributed by atoms with Crippen LogP contribution >= 0.6 is 0 Å². The van der Waals surface area contributed by atoms with Gasteiger partial charge in [-0.1, -0.05) is 49.4 Å². The molecule has 0 aromatic heterocycles. The van der Waals surface area contributed by atoms with Crippen LogP contribution in [0.15, 0.2) is 54.6 Å². The maximum Gasteiger partial charge on any atom is 0.0316 e. The van der Waals surface area contributed by atoms with Crippen molar-refractivity contribution in [2.45, 2.75) is 32.9 Å². The molecule has 0 spiro atoms. The molecule has 0 fully saturated rings. The van der Waals surface area contributed by atoms with E-state index in [-0.39, 0.29) is 0 Å². The van der Waals surface area contributed by atoms with Gasteiger partial charge in [0.25, 0.3) is 0 Å². The summed E-state index contributed by atoms with van der Waals surface area (Å²) in [4.78, 5) is 2.50. The van der Waals surface area contributed by atoms with Crippen molar-refractivity contribution >= 4 is 5.69 Å². The molecule has 106 valence electrons.